The molecule has 0 spiro atoms. The highest BCUT2D eigenvalue weighted by atomic mass is 16.7. The zero-order valence-electron chi connectivity index (χ0n) is 13.7. The number of hydrogen-bond acceptors (Lipinski definition) is 3. The van der Waals surface area contributed by atoms with Crippen LogP contribution >= 0.6 is 0 Å². The molecule has 0 heterocycles. The lowest BCUT2D eigenvalue weighted by atomic mass is 10.0. The maximum atomic E-state index is 12.4. The molecular weight excluding hydrogens is 266 g/mol. The van der Waals surface area contributed by atoms with E-state index < -0.39 is 0 Å². The van der Waals surface area contributed by atoms with Crippen LogP contribution < -0.4 is 4.74 Å². The van der Waals surface area contributed by atoms with Gasteiger partial charge in [-0.3, -0.25) is 9.63 Å². The van der Waals surface area contributed by atoms with E-state index in [-0.39, 0.29) is 29.3 Å². The first-order valence-electron chi connectivity index (χ1n) is 7.38. The van der Waals surface area contributed by atoms with Gasteiger partial charge in [-0.2, -0.15) is 0 Å². The molecule has 1 aliphatic carbocycles. The van der Waals surface area contributed by atoms with Crippen molar-refractivity contribution in [2.75, 3.05) is 14.2 Å². The van der Waals surface area contributed by atoms with Crippen LogP contribution in [0, 0.1) is 11.3 Å². The van der Waals surface area contributed by atoms with E-state index in [9.17, 15) is 4.79 Å². The number of hydrogen-bond donors (Lipinski definition) is 0. The maximum Gasteiger partial charge on any atom is 0.250 e. The van der Waals surface area contributed by atoms with E-state index in [1.54, 1.807) is 7.05 Å². The number of ether oxygens (including phenoxy) is 1. The SMILES string of the molecule is CON(C)C(=O)C1C(c2ccccc2OC(C)C)C1(C)C. The Balaban J connectivity index is 2.29. The van der Waals surface area contributed by atoms with Crippen molar-refractivity contribution >= 4 is 5.91 Å². The minimum Gasteiger partial charge on any atom is -0.491 e. The van der Waals surface area contributed by atoms with E-state index >= 15 is 0 Å². The number of nitrogens with zero attached hydrogens (tertiary/aromatic N) is 1. The third-order valence-corrected chi connectivity index (χ3v) is 4.29. The van der Waals surface area contributed by atoms with E-state index in [4.69, 9.17) is 9.57 Å². The highest BCUT2D eigenvalue weighted by Gasteiger charge is 2.63. The number of hydroxylamine groups is 2. The summed E-state index contributed by atoms with van der Waals surface area (Å²) in [7, 11) is 3.17. The van der Waals surface area contributed by atoms with Gasteiger partial charge in [0.2, 0.25) is 5.91 Å². The van der Waals surface area contributed by atoms with Gasteiger partial charge in [0.15, 0.2) is 0 Å². The van der Waals surface area contributed by atoms with Gasteiger partial charge in [0, 0.05) is 13.0 Å². The zero-order chi connectivity index (χ0) is 15.8. The van der Waals surface area contributed by atoms with Crippen LogP contribution in [0.15, 0.2) is 24.3 Å². The fourth-order valence-corrected chi connectivity index (χ4v) is 3.06. The Kier molecular flexibility index (Phi) is 4.28. The van der Waals surface area contributed by atoms with Crippen LogP contribution in [0.3, 0.4) is 0 Å². The summed E-state index contributed by atoms with van der Waals surface area (Å²) < 4.78 is 5.90. The minimum absolute atomic E-state index is 0.0202. The molecule has 0 aromatic heterocycles. The van der Waals surface area contributed by atoms with E-state index in [0.717, 1.165) is 11.3 Å². The first kappa shape index (κ1) is 15.8. The number of carbonyl (C=O) groups excluding carboxylic acids is 1. The molecule has 1 aliphatic rings. The summed E-state index contributed by atoms with van der Waals surface area (Å²) in [5, 5.41) is 1.32. The molecular formula is C17H25NO3. The van der Waals surface area contributed by atoms with Gasteiger partial charge >= 0.3 is 0 Å². The third kappa shape index (κ3) is 2.91. The van der Waals surface area contributed by atoms with Gasteiger partial charge in [-0.1, -0.05) is 32.0 Å². The first-order valence-corrected chi connectivity index (χ1v) is 7.38. The minimum atomic E-state index is -0.0830. The molecule has 1 amide bonds. The Bertz CT molecular complexity index is 525. The monoisotopic (exact) mass is 291 g/mol. The zero-order valence-corrected chi connectivity index (χ0v) is 13.7. The molecule has 0 radical (unpaired) electrons. The number of rotatable bonds is 5. The van der Waals surface area contributed by atoms with E-state index in [0.29, 0.717) is 0 Å². The van der Waals surface area contributed by atoms with Crippen molar-refractivity contribution in [3.8, 4) is 5.75 Å². The van der Waals surface area contributed by atoms with E-state index in [1.807, 2.05) is 32.0 Å². The number of carbonyl (C=O) groups is 1. The highest BCUT2D eigenvalue weighted by molar-refractivity contribution is 5.84. The molecule has 4 heteroatoms. The Labute approximate surface area is 127 Å². The van der Waals surface area contributed by atoms with Crippen LogP contribution in [0.4, 0.5) is 0 Å². The number of para-hydroxylation sites is 1. The van der Waals surface area contributed by atoms with Crippen LogP contribution in [0.2, 0.25) is 0 Å². The summed E-state index contributed by atoms with van der Waals surface area (Å²) in [6, 6.07) is 8.00. The highest BCUT2D eigenvalue weighted by Crippen LogP contribution is 2.66. The summed E-state index contributed by atoms with van der Waals surface area (Å²) in [5.41, 5.74) is 1.03. The topological polar surface area (TPSA) is 38.8 Å². The van der Waals surface area contributed by atoms with Crippen molar-refractivity contribution in [1.29, 1.82) is 0 Å². The fourth-order valence-electron chi connectivity index (χ4n) is 3.06. The molecule has 1 fully saturated rings. The van der Waals surface area contributed by atoms with Crippen LogP contribution in [0.25, 0.3) is 0 Å². The van der Waals surface area contributed by atoms with E-state index in [1.165, 1.54) is 12.2 Å². The fraction of sp³-hybridized carbons (Fsp3) is 0.588. The average molecular weight is 291 g/mol. The second kappa shape index (κ2) is 5.68. The van der Waals surface area contributed by atoms with Crippen LogP contribution in [0.5, 0.6) is 5.75 Å². The number of benzene rings is 1. The van der Waals surface area contributed by atoms with Crippen LogP contribution in [-0.4, -0.2) is 31.2 Å². The molecule has 1 aromatic carbocycles. The molecule has 0 saturated heterocycles. The third-order valence-electron chi connectivity index (χ3n) is 4.29. The van der Waals surface area contributed by atoms with Crippen molar-refractivity contribution in [1.82, 2.24) is 5.06 Å². The maximum absolute atomic E-state index is 12.4. The van der Waals surface area contributed by atoms with Gasteiger partial charge in [-0.25, -0.2) is 5.06 Å². The molecule has 2 rings (SSSR count). The normalized spacial score (nSPS) is 23.0. The van der Waals surface area contributed by atoms with Gasteiger partial charge in [0.05, 0.1) is 19.1 Å². The molecule has 1 saturated carbocycles. The lowest BCUT2D eigenvalue weighted by Gasteiger charge is -2.15. The molecule has 116 valence electrons. The lowest BCUT2D eigenvalue weighted by molar-refractivity contribution is -0.171. The standard InChI is InChI=1S/C17H25NO3/c1-11(2)21-13-10-8-7-9-12(13)14-15(17(14,3)4)16(19)18(5)20-6/h7-11,14-15H,1-6H3. The Morgan fingerprint density at radius 1 is 1.29 bits per heavy atom. The Morgan fingerprint density at radius 3 is 2.48 bits per heavy atom. The van der Waals surface area contributed by atoms with Gasteiger partial charge in [0.1, 0.15) is 5.75 Å². The van der Waals surface area contributed by atoms with Crippen LogP contribution in [-0.2, 0) is 9.63 Å². The summed E-state index contributed by atoms with van der Waals surface area (Å²) in [5.74, 6) is 0.990. The van der Waals surface area contributed by atoms with Gasteiger partial charge < -0.3 is 4.74 Å². The largest absolute Gasteiger partial charge is 0.491 e. The second-order valence-electron chi connectivity index (χ2n) is 6.50. The second-order valence-corrected chi connectivity index (χ2v) is 6.50. The first-order chi connectivity index (χ1) is 9.80. The van der Waals surface area contributed by atoms with Crippen LogP contribution in [0.1, 0.15) is 39.2 Å². The van der Waals surface area contributed by atoms with Crippen molar-refractivity contribution in [2.45, 2.75) is 39.7 Å². The molecule has 4 nitrogen and oxygen atoms in total. The molecule has 0 aliphatic heterocycles. The molecule has 2 atom stereocenters. The predicted molar refractivity (Wildman–Crippen MR) is 82.0 cm³/mol. The van der Waals surface area contributed by atoms with Crippen molar-refractivity contribution < 1.29 is 14.4 Å². The molecule has 21 heavy (non-hydrogen) atoms. The summed E-state index contributed by atoms with van der Waals surface area (Å²) in [6.07, 6.45) is 0.115. The van der Waals surface area contributed by atoms with Crippen molar-refractivity contribution in [3.05, 3.63) is 29.8 Å². The summed E-state index contributed by atoms with van der Waals surface area (Å²) >= 11 is 0. The molecule has 2 unspecified atom stereocenters. The van der Waals surface area contributed by atoms with Crippen molar-refractivity contribution in [3.63, 3.8) is 0 Å². The quantitative estimate of drug-likeness (QED) is 0.782. The lowest BCUT2D eigenvalue weighted by Crippen LogP contribution is -2.28. The van der Waals surface area contributed by atoms with E-state index in [2.05, 4.69) is 19.9 Å². The molecule has 0 N–H and O–H groups in total. The number of amides is 1. The van der Waals surface area contributed by atoms with Gasteiger partial charge in [-0.05, 0) is 30.9 Å². The smallest absolute Gasteiger partial charge is 0.250 e. The Hall–Kier alpha value is -1.55. The Morgan fingerprint density at radius 2 is 1.90 bits per heavy atom. The summed E-state index contributed by atoms with van der Waals surface area (Å²) in [4.78, 5) is 17.5. The summed E-state index contributed by atoms with van der Waals surface area (Å²) in [6.45, 7) is 8.26. The molecule has 1 aromatic rings. The van der Waals surface area contributed by atoms with Gasteiger partial charge in [0.25, 0.3) is 0 Å². The van der Waals surface area contributed by atoms with Crippen molar-refractivity contribution in [2.24, 2.45) is 11.3 Å². The predicted octanol–water partition coefficient (Wildman–Crippen LogP) is 3.23. The van der Waals surface area contributed by atoms with Gasteiger partial charge in [-0.15, -0.1) is 0 Å². The molecule has 0 bridgehead atoms. The average Bonchev–Trinajstić information content (AvgIpc) is 2.99.